The molecule has 54 heavy (non-hydrogen) atoms. The van der Waals surface area contributed by atoms with E-state index in [0.717, 1.165) is 29.5 Å². The first-order valence-corrected chi connectivity index (χ1v) is 23.1. The van der Waals surface area contributed by atoms with E-state index in [9.17, 15) is 9.59 Å². The van der Waals surface area contributed by atoms with Gasteiger partial charge in [-0.2, -0.15) is 0 Å². The normalized spacial score (nSPS) is 14.9. The van der Waals surface area contributed by atoms with Crippen molar-refractivity contribution in [1.29, 1.82) is 0 Å². The van der Waals surface area contributed by atoms with Crippen molar-refractivity contribution in [2.75, 3.05) is 12.4 Å². The second kappa shape index (κ2) is 19.8. The Morgan fingerprint density at radius 1 is 0.815 bits per heavy atom. The highest BCUT2D eigenvalue weighted by Gasteiger charge is 2.42. The third-order valence-corrected chi connectivity index (χ3v) is 16.6. The zero-order chi connectivity index (χ0) is 40.2. The van der Waals surface area contributed by atoms with E-state index in [-0.39, 0.29) is 29.1 Å². The van der Waals surface area contributed by atoms with Crippen LogP contribution in [-0.2, 0) is 23.5 Å². The number of hydrogen-bond acceptors (Lipinski definition) is 5. The molecule has 0 unspecified atom stereocenters. The third kappa shape index (κ3) is 12.4. The van der Waals surface area contributed by atoms with E-state index in [1.165, 1.54) is 0 Å². The lowest BCUT2D eigenvalue weighted by Crippen LogP contribution is -2.47. The molecule has 3 atom stereocenters. The predicted octanol–water partition coefficient (Wildman–Crippen LogP) is 11.7. The van der Waals surface area contributed by atoms with Crippen LogP contribution in [0.1, 0.15) is 91.8 Å². The van der Waals surface area contributed by atoms with Gasteiger partial charge < -0.3 is 14.5 Å². The average Bonchev–Trinajstić information content (AvgIpc) is 3.13. The molecule has 1 N–H and O–H groups in total. The number of benzene rings is 3. The topological polar surface area (TPSA) is 64.6 Å². The smallest absolute Gasteiger partial charge is 0.333 e. The van der Waals surface area contributed by atoms with Crippen LogP contribution in [0.3, 0.4) is 0 Å². The van der Waals surface area contributed by atoms with E-state index in [2.05, 4.69) is 146 Å². The molecule has 0 aliphatic carbocycles. The van der Waals surface area contributed by atoms with Gasteiger partial charge in [-0.1, -0.05) is 164 Å². The van der Waals surface area contributed by atoms with Crippen LogP contribution in [0.25, 0.3) is 0 Å². The number of amides is 1. The summed E-state index contributed by atoms with van der Waals surface area (Å²) in [5.41, 5.74) is 4.45. The molecule has 0 heterocycles. The van der Waals surface area contributed by atoms with Crippen molar-refractivity contribution in [2.45, 2.75) is 110 Å². The maximum absolute atomic E-state index is 13.9. The number of thioether (sulfide) groups is 1. The summed E-state index contributed by atoms with van der Waals surface area (Å²) in [7, 11) is -1.97. The third-order valence-electron chi connectivity index (χ3n) is 10.5. The average molecular weight is 768 g/mol. The molecule has 3 rings (SSSR count). The molecule has 0 radical (unpaired) electrons. The van der Waals surface area contributed by atoms with Crippen LogP contribution in [0.4, 0.5) is 0 Å². The van der Waals surface area contributed by atoms with Gasteiger partial charge in [0, 0.05) is 16.9 Å². The maximum atomic E-state index is 13.9. The number of carbonyl (C=O) groups is 2. The Labute approximate surface area is 332 Å². The van der Waals surface area contributed by atoms with E-state index in [1.807, 2.05) is 37.3 Å². The second-order valence-corrected chi connectivity index (χ2v) is 23.1. The minimum absolute atomic E-state index is 0.00368. The number of rotatable bonds is 18. The van der Waals surface area contributed by atoms with Crippen LogP contribution >= 0.6 is 11.8 Å². The van der Waals surface area contributed by atoms with Crippen LogP contribution < -0.4 is 5.32 Å². The van der Waals surface area contributed by atoms with E-state index < -0.39 is 25.1 Å². The molecule has 3 aromatic rings. The van der Waals surface area contributed by atoms with Gasteiger partial charge in [0.25, 0.3) is 0 Å². The van der Waals surface area contributed by atoms with E-state index >= 15 is 0 Å². The van der Waals surface area contributed by atoms with Crippen LogP contribution in [0.5, 0.6) is 0 Å². The lowest BCUT2D eigenvalue weighted by atomic mass is 9.83. The first-order valence-electron chi connectivity index (χ1n) is 19.2. The zero-order valence-electron chi connectivity index (χ0n) is 34.7. The predicted molar refractivity (Wildman–Crippen MR) is 232 cm³/mol. The van der Waals surface area contributed by atoms with Gasteiger partial charge in [-0.05, 0) is 72.8 Å². The second-order valence-electron chi connectivity index (χ2n) is 17.1. The number of hydrogen-bond donors (Lipinski definition) is 1. The van der Waals surface area contributed by atoms with Crippen LogP contribution in [0, 0.1) is 11.3 Å². The van der Waals surface area contributed by atoms with Crippen LogP contribution in [-0.4, -0.2) is 44.7 Å². The van der Waals surface area contributed by atoms with Gasteiger partial charge in [0.2, 0.25) is 5.91 Å². The number of carbonyl (C=O) groups excluding carboxylic acids is 2. The largest absolute Gasteiger partial charge is 0.458 e. The fourth-order valence-electron chi connectivity index (χ4n) is 6.06. The van der Waals surface area contributed by atoms with Crippen molar-refractivity contribution < 1.29 is 18.8 Å². The van der Waals surface area contributed by atoms with Gasteiger partial charge in [-0.15, -0.1) is 11.8 Å². The first-order chi connectivity index (χ1) is 25.3. The Hall–Kier alpha value is -3.65. The van der Waals surface area contributed by atoms with Crippen LogP contribution in [0.15, 0.2) is 127 Å². The summed E-state index contributed by atoms with van der Waals surface area (Å²) in [6.45, 7) is 27.9. The van der Waals surface area contributed by atoms with Gasteiger partial charge in [0.15, 0.2) is 8.32 Å². The van der Waals surface area contributed by atoms with Crippen LogP contribution in [0.2, 0.25) is 18.1 Å². The minimum Gasteiger partial charge on any atom is -0.458 e. The summed E-state index contributed by atoms with van der Waals surface area (Å²) in [5.74, 6) is 0.205. The lowest BCUT2D eigenvalue weighted by molar-refractivity contribution is -0.137. The van der Waals surface area contributed by atoms with Gasteiger partial charge in [-0.3, -0.25) is 4.79 Å². The Morgan fingerprint density at radius 2 is 1.30 bits per heavy atom. The fourth-order valence-corrected chi connectivity index (χ4v) is 9.09. The summed E-state index contributed by atoms with van der Waals surface area (Å²) in [5, 5.41) is 3.40. The van der Waals surface area contributed by atoms with Crippen molar-refractivity contribution in [3.63, 3.8) is 0 Å². The van der Waals surface area contributed by atoms with Crippen molar-refractivity contribution in [3.05, 3.63) is 144 Å². The summed E-state index contributed by atoms with van der Waals surface area (Å²) in [4.78, 5) is 26.9. The highest BCUT2D eigenvalue weighted by atomic mass is 32.2. The maximum Gasteiger partial charge on any atom is 0.333 e. The standard InChI is InChI=1S/C47H65NO4SSi/c1-13-31-51-44(50)37(4)33-41(48-43(49)36(3)30-29-35(2)32-42(45(5,6)7)52-54(11,12)46(8,9)10)34-53-47(38-23-17-14-18-24-38,39-25-19-15-20-26-39)40-27-21-16-22-28-40/h13-28,30,33,35,41-42H,1,29,31-32,34H2,2-12H3,(H,48,49)/b36-30+,37-33+/t35-,41-,42-/m0/s1. The quantitative estimate of drug-likeness (QED) is 0.0459. The van der Waals surface area contributed by atoms with E-state index in [1.54, 1.807) is 24.8 Å². The van der Waals surface area contributed by atoms with Crippen molar-refractivity contribution in [3.8, 4) is 0 Å². The molecule has 292 valence electrons. The molecular weight excluding hydrogens is 703 g/mol. The van der Waals surface area contributed by atoms with E-state index in [0.29, 0.717) is 22.8 Å². The fraction of sp³-hybridized carbons (Fsp3) is 0.447. The summed E-state index contributed by atoms with van der Waals surface area (Å²) in [6.07, 6.45) is 7.21. The van der Waals surface area contributed by atoms with Crippen molar-refractivity contribution in [2.24, 2.45) is 11.3 Å². The number of nitrogens with one attached hydrogen (secondary N) is 1. The molecule has 1 amide bonds. The first kappa shape index (κ1) is 44.7. The summed E-state index contributed by atoms with van der Waals surface area (Å²) >= 11 is 1.74. The number of ether oxygens (including phenoxy) is 1. The highest BCUT2D eigenvalue weighted by molar-refractivity contribution is 8.00. The lowest BCUT2D eigenvalue weighted by Gasteiger charge is -2.44. The monoisotopic (exact) mass is 767 g/mol. The molecule has 0 fully saturated rings. The van der Waals surface area contributed by atoms with Gasteiger partial charge in [0.1, 0.15) is 6.61 Å². The van der Waals surface area contributed by atoms with Crippen molar-refractivity contribution in [1.82, 2.24) is 5.32 Å². The van der Waals surface area contributed by atoms with E-state index in [4.69, 9.17) is 9.16 Å². The SMILES string of the molecule is C=CCOC(=O)/C(C)=C/[C@@H](CSC(c1ccccc1)(c1ccccc1)c1ccccc1)NC(=O)/C(C)=C/C[C@H](C)C[C@H](O[Si](C)(C)C(C)(C)C)C(C)(C)C. The Morgan fingerprint density at radius 3 is 1.72 bits per heavy atom. The Balaban J connectivity index is 1.93. The number of allylic oxidation sites excluding steroid dienone is 1. The molecule has 0 spiro atoms. The Bertz CT molecular complexity index is 1610. The molecule has 0 saturated carbocycles. The Kier molecular flexibility index (Phi) is 16.4. The molecule has 7 heteroatoms. The zero-order valence-corrected chi connectivity index (χ0v) is 36.5. The van der Waals surface area contributed by atoms with Crippen molar-refractivity contribution >= 4 is 32.0 Å². The van der Waals surface area contributed by atoms with Gasteiger partial charge in [0.05, 0.1) is 16.9 Å². The molecule has 3 aromatic carbocycles. The van der Waals surface area contributed by atoms with Gasteiger partial charge >= 0.3 is 5.97 Å². The molecule has 0 bridgehead atoms. The minimum atomic E-state index is -1.97. The molecule has 5 nitrogen and oxygen atoms in total. The molecule has 0 aliphatic rings. The molecule has 0 saturated heterocycles. The number of esters is 1. The molecular formula is C47H65NO4SSi. The van der Waals surface area contributed by atoms with Gasteiger partial charge in [-0.25, -0.2) is 4.79 Å². The summed E-state index contributed by atoms with van der Waals surface area (Å²) < 4.78 is 11.7. The summed E-state index contributed by atoms with van der Waals surface area (Å²) in [6, 6.07) is 30.9. The molecule has 0 aliphatic heterocycles. The highest BCUT2D eigenvalue weighted by Crippen LogP contribution is 2.49. The molecule has 0 aromatic heterocycles.